The Kier molecular flexibility index (Phi) is 8.92. The van der Waals surface area contributed by atoms with Crippen LogP contribution in [0.2, 0.25) is 0 Å². The fourth-order valence-corrected chi connectivity index (χ4v) is 6.67. The molecule has 8 aromatic rings. The summed E-state index contributed by atoms with van der Waals surface area (Å²) in [6.07, 6.45) is 0. The average Bonchev–Trinajstić information content (AvgIpc) is 3.21. The van der Waals surface area contributed by atoms with Gasteiger partial charge in [0.15, 0.2) is 0 Å². The second kappa shape index (κ2) is 14.4. The minimum absolute atomic E-state index is 0.467. The molecule has 0 atom stereocenters. The number of para-hydroxylation sites is 1. The molecule has 0 aliphatic rings. The predicted molar refractivity (Wildman–Crippen MR) is 215 cm³/mol. The molecule has 8 rings (SSSR count). The summed E-state index contributed by atoms with van der Waals surface area (Å²) in [4.78, 5) is 6.77. The van der Waals surface area contributed by atoms with Crippen LogP contribution in [-0.4, -0.2) is 6.72 Å². The normalized spacial score (nSPS) is 10.9. The van der Waals surface area contributed by atoms with Gasteiger partial charge in [0.1, 0.15) is 18.0 Å². The molecular weight excluding hydrogens is 621 g/mol. The molecule has 0 aliphatic heterocycles. The Bertz CT molecular complexity index is 2400. The number of nitrogens with zero attached hydrogens (tertiary/aromatic N) is 2. The van der Waals surface area contributed by atoms with E-state index >= 15 is 0 Å². The third-order valence-corrected chi connectivity index (χ3v) is 9.27. The van der Waals surface area contributed by atoms with Crippen LogP contribution >= 0.6 is 0 Å². The van der Waals surface area contributed by atoms with Gasteiger partial charge in [0.25, 0.3) is 0 Å². The van der Waals surface area contributed by atoms with Gasteiger partial charge in [-0.15, -0.1) is 0 Å². The molecule has 0 spiro atoms. The Morgan fingerprint density at radius 1 is 0.471 bits per heavy atom. The standard InChI is InChI=1S/C48H36N2O/c1-49-48-45-33-41(22-21-40(45)27-32-47(48)51-34-35-13-5-2-6-14-35)38-25-30-43(31-26-38)50(42-28-23-37(24-29-42)36-15-7-3-8-16-36)46-20-12-11-19-44(46)39-17-9-4-10-18-39/h2-33H,1,34H2. The maximum atomic E-state index is 6.23. The number of aliphatic imine (C=N–C) groups is 1. The van der Waals surface area contributed by atoms with Crippen LogP contribution in [0.25, 0.3) is 44.2 Å². The van der Waals surface area contributed by atoms with Crippen molar-refractivity contribution in [2.24, 2.45) is 4.99 Å². The Morgan fingerprint density at radius 3 is 1.63 bits per heavy atom. The van der Waals surface area contributed by atoms with Gasteiger partial charge in [-0.05, 0) is 87.9 Å². The zero-order chi connectivity index (χ0) is 34.4. The molecule has 0 fully saturated rings. The van der Waals surface area contributed by atoms with Gasteiger partial charge >= 0.3 is 0 Å². The summed E-state index contributed by atoms with van der Waals surface area (Å²) in [5.74, 6) is 0.722. The third kappa shape index (κ3) is 6.66. The first-order valence-electron chi connectivity index (χ1n) is 17.2. The molecular formula is C48H36N2O. The van der Waals surface area contributed by atoms with Crippen molar-refractivity contribution in [3.05, 3.63) is 200 Å². The van der Waals surface area contributed by atoms with Gasteiger partial charge < -0.3 is 9.64 Å². The van der Waals surface area contributed by atoms with E-state index < -0.39 is 0 Å². The van der Waals surface area contributed by atoms with E-state index in [4.69, 9.17) is 4.74 Å². The van der Waals surface area contributed by atoms with E-state index in [1.54, 1.807) is 0 Å². The maximum Gasteiger partial charge on any atom is 0.146 e. The summed E-state index contributed by atoms with van der Waals surface area (Å²) in [7, 11) is 0. The van der Waals surface area contributed by atoms with Crippen molar-refractivity contribution in [2.45, 2.75) is 6.61 Å². The van der Waals surface area contributed by atoms with Gasteiger partial charge in [-0.1, -0.05) is 152 Å². The number of hydrogen-bond donors (Lipinski definition) is 0. The lowest BCUT2D eigenvalue weighted by molar-refractivity contribution is 0.308. The van der Waals surface area contributed by atoms with E-state index in [9.17, 15) is 0 Å². The van der Waals surface area contributed by atoms with Gasteiger partial charge in [-0.2, -0.15) is 0 Å². The zero-order valence-corrected chi connectivity index (χ0v) is 28.2. The molecule has 0 bridgehead atoms. The van der Waals surface area contributed by atoms with Gasteiger partial charge in [-0.25, -0.2) is 0 Å². The molecule has 0 heterocycles. The number of hydrogen-bond acceptors (Lipinski definition) is 3. The maximum absolute atomic E-state index is 6.23. The summed E-state index contributed by atoms with van der Waals surface area (Å²) in [5.41, 5.74) is 12.1. The molecule has 0 saturated heterocycles. The Morgan fingerprint density at radius 2 is 0.980 bits per heavy atom. The number of rotatable bonds is 10. The van der Waals surface area contributed by atoms with Crippen LogP contribution in [-0.2, 0) is 6.61 Å². The SMILES string of the molecule is C=Nc1c(OCc2ccccc2)ccc2ccc(-c3ccc(N(c4ccc(-c5ccccc5)cc4)c4ccccc4-c4ccccc4)cc3)cc12. The quantitative estimate of drug-likeness (QED) is 0.137. The highest BCUT2D eigenvalue weighted by atomic mass is 16.5. The van der Waals surface area contributed by atoms with Crippen LogP contribution in [0.5, 0.6) is 5.75 Å². The van der Waals surface area contributed by atoms with Gasteiger partial charge in [0.2, 0.25) is 0 Å². The molecule has 244 valence electrons. The lowest BCUT2D eigenvalue weighted by Gasteiger charge is -2.28. The molecule has 0 N–H and O–H groups in total. The van der Waals surface area contributed by atoms with Gasteiger partial charge in [0.05, 0.1) is 5.69 Å². The number of ether oxygens (including phenoxy) is 1. The smallest absolute Gasteiger partial charge is 0.146 e. The second-order valence-electron chi connectivity index (χ2n) is 12.5. The van der Waals surface area contributed by atoms with Gasteiger partial charge in [0, 0.05) is 22.3 Å². The topological polar surface area (TPSA) is 24.8 Å². The van der Waals surface area contributed by atoms with E-state index in [1.165, 1.54) is 22.3 Å². The van der Waals surface area contributed by atoms with E-state index in [1.807, 2.05) is 24.3 Å². The van der Waals surface area contributed by atoms with E-state index in [2.05, 4.69) is 186 Å². The summed E-state index contributed by atoms with van der Waals surface area (Å²) in [6.45, 7) is 4.37. The summed E-state index contributed by atoms with van der Waals surface area (Å²) < 4.78 is 6.23. The lowest BCUT2D eigenvalue weighted by atomic mass is 9.98. The summed E-state index contributed by atoms with van der Waals surface area (Å²) in [6, 6.07) is 68.1. The number of fused-ring (bicyclic) bond motifs is 1. The molecule has 0 unspecified atom stereocenters. The van der Waals surface area contributed by atoms with Crippen molar-refractivity contribution in [1.82, 2.24) is 0 Å². The highest BCUT2D eigenvalue weighted by Gasteiger charge is 2.18. The Hall–Kier alpha value is -6.71. The first-order valence-corrected chi connectivity index (χ1v) is 17.2. The van der Waals surface area contributed by atoms with Crippen molar-refractivity contribution in [3.63, 3.8) is 0 Å². The predicted octanol–water partition coefficient (Wildman–Crippen LogP) is 13.2. The van der Waals surface area contributed by atoms with Crippen molar-refractivity contribution in [2.75, 3.05) is 4.90 Å². The highest BCUT2D eigenvalue weighted by molar-refractivity contribution is 5.99. The Balaban J connectivity index is 1.17. The molecule has 8 aromatic carbocycles. The fourth-order valence-electron chi connectivity index (χ4n) is 6.67. The first kappa shape index (κ1) is 31.6. The minimum atomic E-state index is 0.467. The third-order valence-electron chi connectivity index (χ3n) is 9.27. The minimum Gasteiger partial charge on any atom is -0.487 e. The summed E-state index contributed by atoms with van der Waals surface area (Å²) >= 11 is 0. The first-order chi connectivity index (χ1) is 25.2. The van der Waals surface area contributed by atoms with Crippen molar-refractivity contribution in [1.29, 1.82) is 0 Å². The fraction of sp³-hybridized carbons (Fsp3) is 0.0208. The van der Waals surface area contributed by atoms with Crippen LogP contribution in [0.1, 0.15) is 5.56 Å². The molecule has 0 saturated carbocycles. The van der Waals surface area contributed by atoms with E-state index in [-0.39, 0.29) is 0 Å². The van der Waals surface area contributed by atoms with Gasteiger partial charge in [-0.3, -0.25) is 4.99 Å². The molecule has 0 aliphatic carbocycles. The van der Waals surface area contributed by atoms with Crippen LogP contribution in [0, 0.1) is 0 Å². The number of anilines is 3. The van der Waals surface area contributed by atoms with Crippen LogP contribution in [0.15, 0.2) is 199 Å². The monoisotopic (exact) mass is 656 g/mol. The lowest BCUT2D eigenvalue weighted by Crippen LogP contribution is -2.11. The van der Waals surface area contributed by atoms with Crippen molar-refractivity contribution < 1.29 is 4.74 Å². The molecule has 0 amide bonds. The van der Waals surface area contributed by atoms with Crippen molar-refractivity contribution in [3.8, 4) is 39.1 Å². The summed E-state index contributed by atoms with van der Waals surface area (Å²) in [5, 5.41) is 2.10. The zero-order valence-electron chi connectivity index (χ0n) is 28.2. The van der Waals surface area contributed by atoms with Crippen LogP contribution in [0.4, 0.5) is 22.7 Å². The highest BCUT2D eigenvalue weighted by Crippen LogP contribution is 2.42. The number of benzene rings is 8. The second-order valence-corrected chi connectivity index (χ2v) is 12.5. The van der Waals surface area contributed by atoms with Crippen LogP contribution in [0.3, 0.4) is 0 Å². The largest absolute Gasteiger partial charge is 0.487 e. The molecule has 0 radical (unpaired) electrons. The molecule has 51 heavy (non-hydrogen) atoms. The molecule has 3 heteroatoms. The van der Waals surface area contributed by atoms with Crippen LogP contribution < -0.4 is 9.64 Å². The van der Waals surface area contributed by atoms with E-state index in [0.29, 0.717) is 6.61 Å². The Labute approximate surface area is 299 Å². The molecule has 0 aromatic heterocycles. The average molecular weight is 657 g/mol. The molecule has 3 nitrogen and oxygen atoms in total. The van der Waals surface area contributed by atoms with Crippen molar-refractivity contribution >= 4 is 40.2 Å². The van der Waals surface area contributed by atoms with E-state index in [0.717, 1.165) is 56.0 Å².